The standard InChI is InChI=1S/C21H26N6O3/c1-29-11-2-10-27-19(7-9-23-27)20-18(8-12-30-20)21(28)25-17-5-3-16(4-6-17)13-26-15-22-14-24-26/h3-7,9,14-15,18,20H,2,8,10-13H2,1H3,(H,25,28)/t18-,20-/m0/s1. The van der Waals surface area contributed by atoms with Gasteiger partial charge >= 0.3 is 0 Å². The van der Waals surface area contributed by atoms with E-state index in [1.165, 1.54) is 6.33 Å². The molecule has 0 unspecified atom stereocenters. The second kappa shape index (κ2) is 9.64. The van der Waals surface area contributed by atoms with Crippen LogP contribution in [0.2, 0.25) is 0 Å². The van der Waals surface area contributed by atoms with Gasteiger partial charge in [-0.15, -0.1) is 0 Å². The third-order valence-corrected chi connectivity index (χ3v) is 5.22. The van der Waals surface area contributed by atoms with Crippen molar-refractivity contribution < 1.29 is 14.3 Å². The number of carbonyl (C=O) groups excluding carboxylic acids is 1. The zero-order valence-electron chi connectivity index (χ0n) is 17.0. The van der Waals surface area contributed by atoms with Gasteiger partial charge in [0.1, 0.15) is 18.8 Å². The van der Waals surface area contributed by atoms with Crippen molar-refractivity contribution in [3.05, 3.63) is 60.4 Å². The lowest BCUT2D eigenvalue weighted by molar-refractivity contribution is -0.121. The van der Waals surface area contributed by atoms with Crippen molar-refractivity contribution in [2.24, 2.45) is 5.92 Å². The molecule has 0 bridgehead atoms. The maximum Gasteiger partial charge on any atom is 0.230 e. The summed E-state index contributed by atoms with van der Waals surface area (Å²) < 4.78 is 14.7. The maximum absolute atomic E-state index is 13.0. The number of nitrogens with one attached hydrogen (secondary N) is 1. The normalized spacial score (nSPS) is 18.6. The Morgan fingerprint density at radius 1 is 1.27 bits per heavy atom. The molecule has 0 aliphatic carbocycles. The van der Waals surface area contributed by atoms with Crippen molar-refractivity contribution in [1.82, 2.24) is 24.5 Å². The molecule has 30 heavy (non-hydrogen) atoms. The van der Waals surface area contributed by atoms with Crippen molar-refractivity contribution in [3.8, 4) is 0 Å². The number of carbonyl (C=O) groups is 1. The van der Waals surface area contributed by atoms with Crippen LogP contribution >= 0.6 is 0 Å². The van der Waals surface area contributed by atoms with Crippen molar-refractivity contribution in [2.75, 3.05) is 25.6 Å². The van der Waals surface area contributed by atoms with Crippen molar-refractivity contribution in [3.63, 3.8) is 0 Å². The zero-order valence-corrected chi connectivity index (χ0v) is 17.0. The Hall–Kier alpha value is -3.04. The minimum atomic E-state index is -0.290. The van der Waals surface area contributed by atoms with Crippen molar-refractivity contribution >= 4 is 11.6 Å². The van der Waals surface area contributed by atoms with Gasteiger partial charge in [-0.05, 0) is 36.6 Å². The van der Waals surface area contributed by atoms with Gasteiger partial charge in [-0.1, -0.05) is 12.1 Å². The summed E-state index contributed by atoms with van der Waals surface area (Å²) in [5.41, 5.74) is 2.79. The van der Waals surface area contributed by atoms with E-state index in [1.54, 1.807) is 24.3 Å². The lowest BCUT2D eigenvalue weighted by Gasteiger charge is -2.19. The minimum Gasteiger partial charge on any atom is -0.385 e. The molecular weight excluding hydrogens is 384 g/mol. The fourth-order valence-corrected chi connectivity index (χ4v) is 3.71. The van der Waals surface area contributed by atoms with Crippen LogP contribution in [0.25, 0.3) is 0 Å². The Kier molecular flexibility index (Phi) is 6.50. The number of rotatable bonds is 9. The molecule has 0 spiro atoms. The molecule has 158 valence electrons. The second-order valence-corrected chi connectivity index (χ2v) is 7.29. The molecular formula is C21H26N6O3. The fraction of sp³-hybridized carbons (Fsp3) is 0.429. The molecule has 9 nitrogen and oxygen atoms in total. The SMILES string of the molecule is COCCCn1nccc1[C@H]1OCC[C@@H]1C(=O)Nc1ccc(Cn2cncn2)cc1. The van der Waals surface area contributed by atoms with E-state index in [2.05, 4.69) is 20.5 Å². The third-order valence-electron chi connectivity index (χ3n) is 5.22. The van der Waals surface area contributed by atoms with Crippen LogP contribution in [0.15, 0.2) is 49.2 Å². The summed E-state index contributed by atoms with van der Waals surface area (Å²) in [7, 11) is 1.69. The summed E-state index contributed by atoms with van der Waals surface area (Å²) in [6.45, 7) is 2.60. The van der Waals surface area contributed by atoms with Gasteiger partial charge in [-0.3, -0.25) is 9.48 Å². The van der Waals surface area contributed by atoms with Gasteiger partial charge in [0.25, 0.3) is 0 Å². The molecule has 1 fully saturated rings. The summed E-state index contributed by atoms with van der Waals surface area (Å²) in [5, 5.41) is 11.5. The lowest BCUT2D eigenvalue weighted by Crippen LogP contribution is -2.26. The summed E-state index contributed by atoms with van der Waals surface area (Å²) in [5.74, 6) is -0.288. The molecule has 1 N–H and O–H groups in total. The van der Waals surface area contributed by atoms with Gasteiger partial charge in [0.15, 0.2) is 0 Å². The van der Waals surface area contributed by atoms with Crippen LogP contribution in [-0.2, 0) is 27.4 Å². The highest BCUT2D eigenvalue weighted by atomic mass is 16.5. The molecule has 0 saturated carbocycles. The first-order valence-electron chi connectivity index (χ1n) is 10.1. The maximum atomic E-state index is 13.0. The number of hydrogen-bond donors (Lipinski definition) is 1. The Bertz CT molecular complexity index is 938. The van der Waals surface area contributed by atoms with E-state index in [9.17, 15) is 4.79 Å². The first-order valence-corrected chi connectivity index (χ1v) is 10.1. The number of hydrogen-bond acceptors (Lipinski definition) is 6. The Labute approximate surface area is 175 Å². The number of methoxy groups -OCH3 is 1. The third kappa shape index (κ3) is 4.74. The quantitative estimate of drug-likeness (QED) is 0.544. The predicted molar refractivity (Wildman–Crippen MR) is 110 cm³/mol. The van der Waals surface area contributed by atoms with Crippen LogP contribution in [0.1, 0.15) is 30.2 Å². The predicted octanol–water partition coefficient (Wildman–Crippen LogP) is 2.28. The molecule has 0 radical (unpaired) electrons. The number of anilines is 1. The monoisotopic (exact) mass is 410 g/mol. The molecule has 1 aromatic carbocycles. The molecule has 1 amide bonds. The molecule has 2 atom stereocenters. The van der Waals surface area contributed by atoms with Crippen molar-refractivity contribution in [1.29, 1.82) is 0 Å². The summed E-state index contributed by atoms with van der Waals surface area (Å²) in [4.78, 5) is 16.9. The van der Waals surface area contributed by atoms with E-state index in [0.717, 1.165) is 29.9 Å². The first-order chi connectivity index (χ1) is 14.7. The van der Waals surface area contributed by atoms with Crippen LogP contribution in [0, 0.1) is 5.92 Å². The number of benzene rings is 1. The van der Waals surface area contributed by atoms with Gasteiger partial charge in [-0.25, -0.2) is 9.67 Å². The van der Waals surface area contributed by atoms with E-state index in [-0.39, 0.29) is 17.9 Å². The van der Waals surface area contributed by atoms with Crippen LogP contribution in [0.4, 0.5) is 5.69 Å². The molecule has 3 aromatic rings. The highest BCUT2D eigenvalue weighted by Gasteiger charge is 2.37. The van der Waals surface area contributed by atoms with Crippen LogP contribution in [-0.4, -0.2) is 50.8 Å². The first kappa shape index (κ1) is 20.2. The number of amides is 1. The molecule has 2 aromatic heterocycles. The number of aryl methyl sites for hydroxylation is 1. The molecule has 1 saturated heterocycles. The highest BCUT2D eigenvalue weighted by Crippen LogP contribution is 2.35. The summed E-state index contributed by atoms with van der Waals surface area (Å²) in [6, 6.07) is 9.70. The molecule has 1 aliphatic heterocycles. The van der Waals surface area contributed by atoms with E-state index in [0.29, 0.717) is 26.2 Å². The topological polar surface area (TPSA) is 96.1 Å². The van der Waals surface area contributed by atoms with E-state index >= 15 is 0 Å². The summed E-state index contributed by atoms with van der Waals surface area (Å²) in [6.07, 6.45) is 6.20. The van der Waals surface area contributed by atoms with Crippen LogP contribution in [0.5, 0.6) is 0 Å². The van der Waals surface area contributed by atoms with Crippen LogP contribution in [0.3, 0.4) is 0 Å². The highest BCUT2D eigenvalue weighted by molar-refractivity contribution is 5.93. The Balaban J connectivity index is 1.39. The number of nitrogens with zero attached hydrogens (tertiary/aromatic N) is 5. The average molecular weight is 410 g/mol. The Morgan fingerprint density at radius 2 is 2.13 bits per heavy atom. The summed E-state index contributed by atoms with van der Waals surface area (Å²) >= 11 is 0. The second-order valence-electron chi connectivity index (χ2n) is 7.29. The van der Waals surface area contributed by atoms with Gasteiger partial charge in [0, 0.05) is 38.8 Å². The van der Waals surface area contributed by atoms with E-state index in [1.807, 2.05) is 35.0 Å². The van der Waals surface area contributed by atoms with Crippen molar-refractivity contribution in [2.45, 2.75) is 32.0 Å². The lowest BCUT2D eigenvalue weighted by atomic mass is 9.97. The number of ether oxygens (including phenoxy) is 2. The molecule has 4 rings (SSSR count). The van der Waals surface area contributed by atoms with Gasteiger partial charge < -0.3 is 14.8 Å². The van der Waals surface area contributed by atoms with E-state index in [4.69, 9.17) is 9.47 Å². The van der Waals surface area contributed by atoms with Gasteiger partial charge in [0.05, 0.1) is 18.2 Å². The van der Waals surface area contributed by atoms with Gasteiger partial charge in [0.2, 0.25) is 5.91 Å². The zero-order chi connectivity index (χ0) is 20.8. The fourth-order valence-electron chi connectivity index (χ4n) is 3.71. The smallest absolute Gasteiger partial charge is 0.230 e. The minimum absolute atomic E-state index is 0.0360. The van der Waals surface area contributed by atoms with Gasteiger partial charge in [-0.2, -0.15) is 10.2 Å². The Morgan fingerprint density at radius 3 is 2.90 bits per heavy atom. The largest absolute Gasteiger partial charge is 0.385 e. The van der Waals surface area contributed by atoms with Crippen LogP contribution < -0.4 is 5.32 Å². The molecule has 3 heterocycles. The molecule has 9 heteroatoms. The number of aromatic nitrogens is 5. The molecule has 1 aliphatic rings. The average Bonchev–Trinajstić information content (AvgIpc) is 3.51. The van der Waals surface area contributed by atoms with E-state index < -0.39 is 0 Å².